The molecule has 23 heavy (non-hydrogen) atoms. The van der Waals surface area contributed by atoms with E-state index < -0.39 is 0 Å². The molecule has 1 unspecified atom stereocenters. The smallest absolute Gasteiger partial charge is 0.179 e. The first kappa shape index (κ1) is 18.4. The van der Waals surface area contributed by atoms with Crippen molar-refractivity contribution in [2.75, 3.05) is 32.8 Å². The highest BCUT2D eigenvalue weighted by atomic mass is 35.5. The first-order valence-corrected chi connectivity index (χ1v) is 8.89. The highest BCUT2D eigenvalue weighted by Gasteiger charge is 2.32. The van der Waals surface area contributed by atoms with Crippen LogP contribution in [0.4, 0.5) is 0 Å². The average molecular weight is 341 g/mol. The van der Waals surface area contributed by atoms with Gasteiger partial charge in [0.1, 0.15) is 0 Å². The normalized spacial score (nSPS) is 21.6. The number of benzene rings is 1. The summed E-state index contributed by atoms with van der Waals surface area (Å²) in [4.78, 5) is 2.43. The summed E-state index contributed by atoms with van der Waals surface area (Å²) >= 11 is 6.43. The third kappa shape index (κ3) is 4.75. The minimum absolute atomic E-state index is 0.233. The fourth-order valence-corrected chi connectivity index (χ4v) is 3.29. The van der Waals surface area contributed by atoms with Crippen LogP contribution >= 0.6 is 11.6 Å². The van der Waals surface area contributed by atoms with Gasteiger partial charge in [-0.05, 0) is 56.0 Å². The van der Waals surface area contributed by atoms with E-state index in [1.54, 1.807) is 0 Å². The summed E-state index contributed by atoms with van der Waals surface area (Å²) in [5, 5.41) is 0.625. The molecule has 0 spiro atoms. The third-order valence-electron chi connectivity index (χ3n) is 4.36. The van der Waals surface area contributed by atoms with Crippen LogP contribution < -0.4 is 15.2 Å². The predicted molar refractivity (Wildman–Crippen MR) is 95.5 cm³/mol. The lowest BCUT2D eigenvalue weighted by molar-refractivity contribution is 0.268. The molecule has 0 saturated carbocycles. The van der Waals surface area contributed by atoms with Crippen molar-refractivity contribution in [2.24, 2.45) is 11.1 Å². The molecule has 1 aliphatic rings. The molecular weight excluding hydrogens is 312 g/mol. The second-order valence-corrected chi connectivity index (χ2v) is 7.07. The molecule has 0 aromatic heterocycles. The molecule has 1 atom stereocenters. The molecule has 5 heteroatoms. The van der Waals surface area contributed by atoms with Crippen LogP contribution in [-0.4, -0.2) is 37.7 Å². The summed E-state index contributed by atoms with van der Waals surface area (Å²) in [5.74, 6) is 1.40. The molecule has 1 aliphatic heterocycles. The molecular formula is C18H29ClN2O2. The standard InChI is InChI=1S/C18H29ClN2O2/c1-4-8-23-17-15(19)9-14(10-16(17)22-5-2)11-21-7-6-18(3,12-20)13-21/h9-10H,4-8,11-13,20H2,1-3H3. The number of halogens is 1. The maximum atomic E-state index is 6.43. The van der Waals surface area contributed by atoms with Crippen LogP contribution in [0.1, 0.15) is 39.2 Å². The van der Waals surface area contributed by atoms with Crippen molar-refractivity contribution in [3.8, 4) is 11.5 Å². The van der Waals surface area contributed by atoms with E-state index in [1.807, 2.05) is 13.0 Å². The van der Waals surface area contributed by atoms with Crippen molar-refractivity contribution in [3.63, 3.8) is 0 Å². The van der Waals surface area contributed by atoms with E-state index in [1.165, 1.54) is 0 Å². The number of hydrogen-bond donors (Lipinski definition) is 1. The van der Waals surface area contributed by atoms with Gasteiger partial charge in [0.05, 0.1) is 18.2 Å². The quantitative estimate of drug-likeness (QED) is 0.784. The Hall–Kier alpha value is -0.970. The van der Waals surface area contributed by atoms with Gasteiger partial charge in [-0.3, -0.25) is 4.90 Å². The van der Waals surface area contributed by atoms with E-state index in [0.717, 1.165) is 50.3 Å². The van der Waals surface area contributed by atoms with Crippen molar-refractivity contribution in [2.45, 2.75) is 40.2 Å². The Bertz CT molecular complexity index is 524. The topological polar surface area (TPSA) is 47.7 Å². The van der Waals surface area contributed by atoms with E-state index in [0.29, 0.717) is 24.0 Å². The predicted octanol–water partition coefficient (Wildman–Crippen LogP) is 3.70. The summed E-state index contributed by atoms with van der Waals surface area (Å²) in [7, 11) is 0. The van der Waals surface area contributed by atoms with Gasteiger partial charge in [0.2, 0.25) is 0 Å². The van der Waals surface area contributed by atoms with Gasteiger partial charge in [0.25, 0.3) is 0 Å². The van der Waals surface area contributed by atoms with E-state index in [9.17, 15) is 0 Å². The highest BCUT2D eigenvalue weighted by molar-refractivity contribution is 6.32. The third-order valence-corrected chi connectivity index (χ3v) is 4.64. The molecule has 1 heterocycles. The zero-order valence-corrected chi connectivity index (χ0v) is 15.3. The number of rotatable bonds is 8. The summed E-state index contributed by atoms with van der Waals surface area (Å²) in [6.07, 6.45) is 2.09. The number of nitrogens with zero attached hydrogens (tertiary/aromatic N) is 1. The van der Waals surface area contributed by atoms with Crippen molar-refractivity contribution >= 4 is 11.6 Å². The summed E-state index contributed by atoms with van der Waals surface area (Å²) in [6.45, 7) is 11.2. The molecule has 2 N–H and O–H groups in total. The molecule has 1 aromatic rings. The fraction of sp³-hybridized carbons (Fsp3) is 0.667. The Morgan fingerprint density at radius 1 is 1.30 bits per heavy atom. The summed E-state index contributed by atoms with van der Waals surface area (Å²) in [5.41, 5.74) is 7.28. The molecule has 1 aromatic carbocycles. The van der Waals surface area contributed by atoms with E-state index in [4.69, 9.17) is 26.8 Å². The molecule has 0 amide bonds. The van der Waals surface area contributed by atoms with Gasteiger partial charge in [-0.25, -0.2) is 0 Å². The minimum Gasteiger partial charge on any atom is -0.490 e. The van der Waals surface area contributed by atoms with Crippen LogP contribution in [0.5, 0.6) is 11.5 Å². The second-order valence-electron chi connectivity index (χ2n) is 6.66. The van der Waals surface area contributed by atoms with E-state index in [2.05, 4.69) is 24.8 Å². The SMILES string of the molecule is CCCOc1c(Cl)cc(CN2CCC(C)(CN)C2)cc1OCC. The van der Waals surface area contributed by atoms with Crippen LogP contribution in [-0.2, 0) is 6.54 Å². The van der Waals surface area contributed by atoms with Crippen LogP contribution in [0.3, 0.4) is 0 Å². The Balaban J connectivity index is 2.13. The molecule has 2 rings (SSSR count). The van der Waals surface area contributed by atoms with Gasteiger partial charge in [-0.1, -0.05) is 25.4 Å². The van der Waals surface area contributed by atoms with Gasteiger partial charge in [-0.15, -0.1) is 0 Å². The van der Waals surface area contributed by atoms with E-state index >= 15 is 0 Å². The van der Waals surface area contributed by atoms with Gasteiger partial charge >= 0.3 is 0 Å². The monoisotopic (exact) mass is 340 g/mol. The van der Waals surface area contributed by atoms with Gasteiger partial charge in [0, 0.05) is 13.1 Å². The van der Waals surface area contributed by atoms with Crippen LogP contribution in [0.2, 0.25) is 5.02 Å². The molecule has 4 nitrogen and oxygen atoms in total. The van der Waals surface area contributed by atoms with Gasteiger partial charge < -0.3 is 15.2 Å². The zero-order chi connectivity index (χ0) is 16.9. The summed E-state index contributed by atoms with van der Waals surface area (Å²) < 4.78 is 11.5. The van der Waals surface area contributed by atoms with Crippen molar-refractivity contribution < 1.29 is 9.47 Å². The molecule has 0 bridgehead atoms. The zero-order valence-electron chi connectivity index (χ0n) is 14.5. The molecule has 0 radical (unpaired) electrons. The lowest BCUT2D eigenvalue weighted by Gasteiger charge is -2.23. The number of nitrogens with two attached hydrogens (primary N) is 1. The maximum absolute atomic E-state index is 6.43. The van der Waals surface area contributed by atoms with Crippen LogP contribution in [0, 0.1) is 5.41 Å². The molecule has 1 fully saturated rings. The fourth-order valence-electron chi connectivity index (χ4n) is 3.01. The Kier molecular flexibility index (Phi) is 6.57. The Morgan fingerprint density at radius 2 is 2.09 bits per heavy atom. The Morgan fingerprint density at radius 3 is 2.70 bits per heavy atom. The van der Waals surface area contributed by atoms with Crippen LogP contribution in [0.25, 0.3) is 0 Å². The highest BCUT2D eigenvalue weighted by Crippen LogP contribution is 2.38. The number of hydrogen-bond acceptors (Lipinski definition) is 4. The largest absolute Gasteiger partial charge is 0.490 e. The first-order chi connectivity index (χ1) is 11.0. The van der Waals surface area contributed by atoms with Gasteiger partial charge in [0.15, 0.2) is 11.5 Å². The lowest BCUT2D eigenvalue weighted by Crippen LogP contribution is -2.31. The van der Waals surface area contributed by atoms with Crippen molar-refractivity contribution in [1.29, 1.82) is 0 Å². The average Bonchev–Trinajstić information content (AvgIpc) is 2.89. The molecule has 0 aliphatic carbocycles. The molecule has 1 saturated heterocycles. The molecule has 130 valence electrons. The van der Waals surface area contributed by atoms with E-state index in [-0.39, 0.29) is 5.41 Å². The maximum Gasteiger partial charge on any atom is 0.179 e. The Labute approximate surface area is 144 Å². The minimum atomic E-state index is 0.233. The summed E-state index contributed by atoms with van der Waals surface area (Å²) in [6, 6.07) is 4.05. The van der Waals surface area contributed by atoms with Crippen LogP contribution in [0.15, 0.2) is 12.1 Å². The second kappa shape index (κ2) is 8.22. The first-order valence-electron chi connectivity index (χ1n) is 8.51. The lowest BCUT2D eigenvalue weighted by atomic mass is 9.90. The van der Waals surface area contributed by atoms with Crippen molar-refractivity contribution in [1.82, 2.24) is 4.90 Å². The number of ether oxygens (including phenoxy) is 2. The number of likely N-dealkylation sites (tertiary alicyclic amines) is 1. The van der Waals surface area contributed by atoms with Gasteiger partial charge in [-0.2, -0.15) is 0 Å². The van der Waals surface area contributed by atoms with Crippen molar-refractivity contribution in [3.05, 3.63) is 22.7 Å².